The maximum absolute atomic E-state index is 11.6. The first-order chi connectivity index (χ1) is 8.66. The lowest BCUT2D eigenvalue weighted by atomic mass is 9.85. The number of amides is 1. The molecule has 1 saturated carbocycles. The molecule has 3 atom stereocenters. The van der Waals surface area contributed by atoms with Gasteiger partial charge in [-0.15, -0.1) is 0 Å². The van der Waals surface area contributed by atoms with E-state index >= 15 is 0 Å². The van der Waals surface area contributed by atoms with E-state index in [1.165, 1.54) is 5.56 Å². The number of primary amides is 1. The van der Waals surface area contributed by atoms with Gasteiger partial charge in [-0.2, -0.15) is 0 Å². The van der Waals surface area contributed by atoms with E-state index in [2.05, 4.69) is 5.32 Å². The molecule has 96 valence electrons. The first-order valence-corrected chi connectivity index (χ1v) is 6.90. The zero-order chi connectivity index (χ0) is 12.7. The van der Waals surface area contributed by atoms with Crippen LogP contribution in [0.5, 0.6) is 0 Å². The Morgan fingerprint density at radius 3 is 2.89 bits per heavy atom. The molecule has 1 aromatic rings. The Morgan fingerprint density at radius 1 is 1.33 bits per heavy atom. The number of hydrogen-bond donors (Lipinski definition) is 2. The summed E-state index contributed by atoms with van der Waals surface area (Å²) in [5.41, 5.74) is 7.92. The summed E-state index contributed by atoms with van der Waals surface area (Å²) >= 11 is 6.07. The van der Waals surface area contributed by atoms with E-state index < -0.39 is 0 Å². The summed E-state index contributed by atoms with van der Waals surface area (Å²) in [5, 5.41) is 4.24. The fourth-order valence-corrected chi connectivity index (χ4v) is 3.57. The van der Waals surface area contributed by atoms with Crippen LogP contribution in [0.15, 0.2) is 18.2 Å². The molecule has 0 saturated heterocycles. The van der Waals surface area contributed by atoms with Crippen LogP contribution in [0.3, 0.4) is 0 Å². The van der Waals surface area contributed by atoms with Crippen LogP contribution in [-0.2, 0) is 4.79 Å². The molecular weight excluding hydrogens is 248 g/mol. The van der Waals surface area contributed by atoms with Crippen molar-refractivity contribution in [1.29, 1.82) is 0 Å². The van der Waals surface area contributed by atoms with Crippen molar-refractivity contribution in [2.45, 2.75) is 37.6 Å². The van der Waals surface area contributed by atoms with Gasteiger partial charge in [0.1, 0.15) is 0 Å². The van der Waals surface area contributed by atoms with Crippen LogP contribution < -0.4 is 11.1 Å². The fourth-order valence-electron chi connectivity index (χ4n) is 3.39. The van der Waals surface area contributed by atoms with Crippen LogP contribution in [0.25, 0.3) is 0 Å². The second-order valence-electron chi connectivity index (χ2n) is 5.30. The molecule has 0 bridgehead atoms. The lowest BCUT2D eigenvalue weighted by molar-refractivity contribution is -0.122. The Labute approximate surface area is 112 Å². The number of anilines is 1. The van der Waals surface area contributed by atoms with Crippen molar-refractivity contribution in [3.63, 3.8) is 0 Å². The average molecular weight is 265 g/mol. The minimum Gasteiger partial charge on any atom is -0.381 e. The lowest BCUT2D eigenvalue weighted by Crippen LogP contribution is -2.38. The molecule has 3 nitrogen and oxygen atoms in total. The molecule has 18 heavy (non-hydrogen) atoms. The first kappa shape index (κ1) is 11.8. The molecule has 1 fully saturated rings. The van der Waals surface area contributed by atoms with Crippen LogP contribution in [-0.4, -0.2) is 11.9 Å². The minimum atomic E-state index is -0.182. The summed E-state index contributed by atoms with van der Waals surface area (Å²) < 4.78 is 0. The smallest absolute Gasteiger partial charge is 0.222 e. The quantitative estimate of drug-likeness (QED) is 0.819. The van der Waals surface area contributed by atoms with Gasteiger partial charge in [0.25, 0.3) is 0 Å². The van der Waals surface area contributed by atoms with E-state index in [0.29, 0.717) is 5.92 Å². The zero-order valence-electron chi connectivity index (χ0n) is 10.2. The summed E-state index contributed by atoms with van der Waals surface area (Å²) in [6.45, 7) is 0. The van der Waals surface area contributed by atoms with E-state index in [0.717, 1.165) is 36.4 Å². The Hall–Kier alpha value is -1.22. The van der Waals surface area contributed by atoms with Crippen molar-refractivity contribution in [2.24, 2.45) is 11.7 Å². The Balaban J connectivity index is 1.99. The summed E-state index contributed by atoms with van der Waals surface area (Å²) in [7, 11) is 0. The SMILES string of the molecule is NC(=O)[C@@H]1CCCC[C@@H]2c3cc(Cl)ccc3N[C@@H]21. The highest BCUT2D eigenvalue weighted by atomic mass is 35.5. The maximum atomic E-state index is 11.6. The first-order valence-electron chi connectivity index (χ1n) is 6.52. The Kier molecular flexibility index (Phi) is 2.94. The van der Waals surface area contributed by atoms with Gasteiger partial charge in [-0.25, -0.2) is 0 Å². The van der Waals surface area contributed by atoms with Gasteiger partial charge >= 0.3 is 0 Å². The van der Waals surface area contributed by atoms with Gasteiger partial charge in [-0.05, 0) is 36.6 Å². The van der Waals surface area contributed by atoms with E-state index in [1.54, 1.807) is 0 Å². The lowest BCUT2D eigenvalue weighted by Gasteiger charge is -2.24. The summed E-state index contributed by atoms with van der Waals surface area (Å²) in [6.07, 6.45) is 4.23. The van der Waals surface area contributed by atoms with Crippen molar-refractivity contribution in [3.8, 4) is 0 Å². The molecule has 3 N–H and O–H groups in total. The van der Waals surface area contributed by atoms with Crippen molar-refractivity contribution in [3.05, 3.63) is 28.8 Å². The van der Waals surface area contributed by atoms with Gasteiger partial charge < -0.3 is 11.1 Å². The summed E-state index contributed by atoms with van der Waals surface area (Å²) in [6, 6.07) is 6.07. The predicted molar refractivity (Wildman–Crippen MR) is 72.8 cm³/mol. The number of nitrogens with two attached hydrogens (primary N) is 1. The molecule has 3 rings (SSSR count). The van der Waals surface area contributed by atoms with Gasteiger partial charge in [-0.1, -0.05) is 24.4 Å². The number of rotatable bonds is 1. The standard InChI is InChI=1S/C14H17ClN2O/c15-8-5-6-12-11(7-8)9-3-1-2-4-10(14(16)18)13(9)17-12/h5-7,9-10,13,17H,1-4H2,(H2,16,18)/t9-,10-,13+/m1/s1. The van der Waals surface area contributed by atoms with Crippen LogP contribution in [0.1, 0.15) is 37.2 Å². The third kappa shape index (κ3) is 1.87. The number of halogens is 1. The van der Waals surface area contributed by atoms with Gasteiger partial charge in [0.15, 0.2) is 0 Å². The predicted octanol–water partition coefficient (Wildman–Crippen LogP) is 2.89. The zero-order valence-corrected chi connectivity index (χ0v) is 10.9. The second kappa shape index (κ2) is 4.47. The van der Waals surface area contributed by atoms with Gasteiger partial charge in [0, 0.05) is 22.7 Å². The van der Waals surface area contributed by atoms with E-state index in [4.69, 9.17) is 17.3 Å². The Bertz CT molecular complexity index is 489. The Morgan fingerprint density at radius 2 is 2.11 bits per heavy atom. The van der Waals surface area contributed by atoms with Crippen LogP contribution in [0, 0.1) is 5.92 Å². The number of carbonyl (C=O) groups excluding carboxylic acids is 1. The van der Waals surface area contributed by atoms with Crippen molar-refractivity contribution >= 4 is 23.2 Å². The van der Waals surface area contributed by atoms with Crippen LogP contribution in [0.4, 0.5) is 5.69 Å². The van der Waals surface area contributed by atoms with E-state index in [1.807, 2.05) is 18.2 Å². The van der Waals surface area contributed by atoms with Crippen LogP contribution in [0.2, 0.25) is 5.02 Å². The third-order valence-electron chi connectivity index (χ3n) is 4.25. The molecule has 1 aromatic carbocycles. The number of hydrogen-bond acceptors (Lipinski definition) is 2. The molecule has 1 heterocycles. The molecule has 4 heteroatoms. The molecule has 2 aliphatic rings. The topological polar surface area (TPSA) is 55.1 Å². The average Bonchev–Trinajstić information content (AvgIpc) is 2.55. The van der Waals surface area contributed by atoms with E-state index in [-0.39, 0.29) is 17.9 Å². The largest absolute Gasteiger partial charge is 0.381 e. The molecule has 0 aromatic heterocycles. The number of carbonyl (C=O) groups is 1. The monoisotopic (exact) mass is 264 g/mol. The van der Waals surface area contributed by atoms with E-state index in [9.17, 15) is 4.79 Å². The number of benzene rings is 1. The van der Waals surface area contributed by atoms with Gasteiger partial charge in [-0.3, -0.25) is 4.79 Å². The summed E-state index contributed by atoms with van der Waals surface area (Å²) in [5.74, 6) is 0.126. The van der Waals surface area contributed by atoms with Gasteiger partial charge in [0.2, 0.25) is 5.91 Å². The molecule has 1 aliphatic heterocycles. The maximum Gasteiger partial charge on any atom is 0.222 e. The highest BCUT2D eigenvalue weighted by molar-refractivity contribution is 6.30. The molecule has 0 radical (unpaired) electrons. The number of nitrogens with one attached hydrogen (secondary N) is 1. The van der Waals surface area contributed by atoms with Crippen LogP contribution >= 0.6 is 11.6 Å². The van der Waals surface area contributed by atoms with Crippen molar-refractivity contribution in [2.75, 3.05) is 5.32 Å². The van der Waals surface area contributed by atoms with Crippen molar-refractivity contribution < 1.29 is 4.79 Å². The van der Waals surface area contributed by atoms with Crippen molar-refractivity contribution in [1.82, 2.24) is 0 Å². The number of fused-ring (bicyclic) bond motifs is 3. The molecule has 0 spiro atoms. The molecule has 0 unspecified atom stereocenters. The molecular formula is C14H17ClN2O. The normalized spacial score (nSPS) is 29.9. The highest BCUT2D eigenvalue weighted by Gasteiger charge is 2.40. The summed E-state index contributed by atoms with van der Waals surface area (Å²) in [4.78, 5) is 11.6. The molecule has 1 aliphatic carbocycles. The fraction of sp³-hybridized carbons (Fsp3) is 0.500. The third-order valence-corrected chi connectivity index (χ3v) is 4.48. The molecule has 1 amide bonds. The van der Waals surface area contributed by atoms with Gasteiger partial charge in [0.05, 0.1) is 5.92 Å². The second-order valence-corrected chi connectivity index (χ2v) is 5.74. The minimum absolute atomic E-state index is 0.0660. The highest BCUT2D eigenvalue weighted by Crippen LogP contribution is 2.45.